The number of hydrogen-bond donors (Lipinski definition) is 1. The van der Waals surface area contributed by atoms with Gasteiger partial charge in [-0.25, -0.2) is 4.98 Å². The summed E-state index contributed by atoms with van der Waals surface area (Å²) in [5, 5.41) is 0.682. The second kappa shape index (κ2) is 7.04. The van der Waals surface area contributed by atoms with Crippen molar-refractivity contribution in [1.82, 2.24) is 9.97 Å². The molecule has 0 unspecified atom stereocenters. The van der Waals surface area contributed by atoms with E-state index in [0.29, 0.717) is 16.1 Å². The molecule has 1 saturated heterocycles. The summed E-state index contributed by atoms with van der Waals surface area (Å²) in [6, 6.07) is 9.67. The first kappa shape index (κ1) is 13.7. The molecule has 0 radical (unpaired) electrons. The number of aromatic amines is 1. The van der Waals surface area contributed by atoms with Gasteiger partial charge in [0.25, 0.3) is 0 Å². The molecule has 3 rings (SSSR count). The number of hydrogen-bond acceptors (Lipinski definition) is 3. The van der Waals surface area contributed by atoms with E-state index in [2.05, 4.69) is 9.97 Å². The zero-order chi connectivity index (χ0) is 12.8. The molecule has 2 aromatic rings. The van der Waals surface area contributed by atoms with Crippen molar-refractivity contribution >= 4 is 35.2 Å². The average Bonchev–Trinajstić information content (AvgIpc) is 3.05. The molecule has 1 N–H and O–H groups in total. The minimum absolute atomic E-state index is 0.306. The largest absolute Gasteiger partial charge is 0.328 e. The molecule has 0 saturated carbocycles. The Hall–Kier alpha value is -0.680. The van der Waals surface area contributed by atoms with Crippen LogP contribution in [0.3, 0.4) is 0 Å². The molecule has 0 spiro atoms. The van der Waals surface area contributed by atoms with Crippen LogP contribution in [-0.2, 0) is 4.18 Å². The Morgan fingerprint density at radius 2 is 2.00 bits per heavy atom. The summed E-state index contributed by atoms with van der Waals surface area (Å²) < 4.78 is 4.86. The standard InChI is InChI=1S/C9H6Cl2N2.C3H6OS/c10-7-8(11)13-9(12-7)6-4-2-1-3-5-6;1-2-4-5-3-1/h1-5H,(H,12,13);1-3H2. The lowest BCUT2D eigenvalue weighted by molar-refractivity contribution is 0.404. The average molecular weight is 303 g/mol. The van der Waals surface area contributed by atoms with E-state index in [9.17, 15) is 0 Å². The highest BCUT2D eigenvalue weighted by Crippen LogP contribution is 2.23. The number of imidazole rings is 1. The molecular weight excluding hydrogens is 291 g/mol. The van der Waals surface area contributed by atoms with Crippen molar-refractivity contribution in [2.45, 2.75) is 6.42 Å². The van der Waals surface area contributed by atoms with Crippen LogP contribution in [0, 0.1) is 0 Å². The molecule has 0 aliphatic carbocycles. The number of benzene rings is 1. The highest BCUT2D eigenvalue weighted by atomic mass is 35.5. The fourth-order valence-corrected chi connectivity index (χ4v) is 2.21. The zero-order valence-corrected chi connectivity index (χ0v) is 11.9. The number of rotatable bonds is 1. The van der Waals surface area contributed by atoms with Gasteiger partial charge in [-0.1, -0.05) is 53.5 Å². The van der Waals surface area contributed by atoms with E-state index >= 15 is 0 Å². The quantitative estimate of drug-likeness (QED) is 0.792. The number of nitrogens with one attached hydrogen (secondary N) is 1. The Balaban J connectivity index is 0.000000202. The van der Waals surface area contributed by atoms with E-state index in [1.54, 1.807) is 12.0 Å². The third kappa shape index (κ3) is 3.92. The van der Waals surface area contributed by atoms with Crippen molar-refractivity contribution in [3.63, 3.8) is 0 Å². The van der Waals surface area contributed by atoms with E-state index < -0.39 is 0 Å². The van der Waals surface area contributed by atoms with Gasteiger partial charge >= 0.3 is 0 Å². The van der Waals surface area contributed by atoms with Crippen LogP contribution in [0.1, 0.15) is 6.42 Å². The zero-order valence-electron chi connectivity index (χ0n) is 9.53. The molecule has 1 aromatic carbocycles. The molecule has 1 fully saturated rings. The molecule has 3 nitrogen and oxygen atoms in total. The molecule has 2 heterocycles. The Morgan fingerprint density at radius 1 is 1.22 bits per heavy atom. The fraction of sp³-hybridized carbons (Fsp3) is 0.250. The summed E-state index contributed by atoms with van der Waals surface area (Å²) in [6.07, 6.45) is 1.24. The molecule has 1 aliphatic rings. The molecule has 1 aliphatic heterocycles. The van der Waals surface area contributed by atoms with E-state index in [1.165, 1.54) is 12.2 Å². The first-order valence-corrected chi connectivity index (χ1v) is 7.15. The summed E-state index contributed by atoms with van der Waals surface area (Å²) in [6.45, 7) is 0.963. The van der Waals surface area contributed by atoms with Gasteiger partial charge in [-0.15, -0.1) is 0 Å². The topological polar surface area (TPSA) is 37.9 Å². The SMILES string of the molecule is C1COSC1.Clc1nc(-c2ccccc2)[nH]c1Cl. The van der Waals surface area contributed by atoms with E-state index in [1.807, 2.05) is 30.3 Å². The highest BCUT2D eigenvalue weighted by Gasteiger charge is 2.06. The Bertz CT molecular complexity index is 459. The number of H-pyrrole nitrogens is 1. The second-order valence-corrected chi connectivity index (χ2v) is 5.17. The number of nitrogens with zero attached hydrogens (tertiary/aromatic N) is 1. The lowest BCUT2D eigenvalue weighted by Crippen LogP contribution is -1.77. The molecule has 6 heteroatoms. The van der Waals surface area contributed by atoms with Gasteiger partial charge in [0, 0.05) is 11.3 Å². The third-order valence-electron chi connectivity index (χ3n) is 2.21. The molecule has 0 amide bonds. The molecule has 0 atom stereocenters. The lowest BCUT2D eigenvalue weighted by Gasteiger charge is -1.93. The minimum Gasteiger partial charge on any atom is -0.328 e. The van der Waals surface area contributed by atoms with Crippen LogP contribution >= 0.6 is 35.2 Å². The summed E-state index contributed by atoms with van der Waals surface area (Å²) >= 11 is 13.0. The van der Waals surface area contributed by atoms with Crippen LogP contribution in [0.15, 0.2) is 30.3 Å². The highest BCUT2D eigenvalue weighted by molar-refractivity contribution is 7.94. The van der Waals surface area contributed by atoms with Crippen molar-refractivity contribution in [2.75, 3.05) is 12.4 Å². The molecule has 1 aromatic heterocycles. The number of halogens is 2. The van der Waals surface area contributed by atoms with Gasteiger partial charge in [0.15, 0.2) is 5.15 Å². The minimum atomic E-state index is 0.306. The number of aromatic nitrogens is 2. The van der Waals surface area contributed by atoms with Crippen LogP contribution in [-0.4, -0.2) is 22.3 Å². The Kier molecular flexibility index (Phi) is 5.38. The first-order chi connectivity index (χ1) is 8.77. The molecule has 18 heavy (non-hydrogen) atoms. The summed E-state index contributed by atoms with van der Waals surface area (Å²) in [7, 11) is 0. The van der Waals surface area contributed by atoms with Gasteiger partial charge in [-0.2, -0.15) is 0 Å². The van der Waals surface area contributed by atoms with Crippen LogP contribution in [0.5, 0.6) is 0 Å². The van der Waals surface area contributed by atoms with Crippen LogP contribution in [0.4, 0.5) is 0 Å². The van der Waals surface area contributed by atoms with E-state index in [4.69, 9.17) is 27.4 Å². The van der Waals surface area contributed by atoms with Gasteiger partial charge in [0.1, 0.15) is 11.0 Å². The van der Waals surface area contributed by atoms with Crippen LogP contribution < -0.4 is 0 Å². The third-order valence-corrected chi connectivity index (χ3v) is 3.64. The normalized spacial score (nSPS) is 14.1. The fourth-order valence-electron chi connectivity index (χ4n) is 1.36. The van der Waals surface area contributed by atoms with Gasteiger partial charge in [-0.3, -0.25) is 0 Å². The van der Waals surface area contributed by atoms with Crippen molar-refractivity contribution in [2.24, 2.45) is 0 Å². The monoisotopic (exact) mass is 302 g/mol. The van der Waals surface area contributed by atoms with Crippen LogP contribution in [0.2, 0.25) is 10.3 Å². The van der Waals surface area contributed by atoms with Gasteiger partial charge in [0.05, 0.1) is 6.61 Å². The predicted octanol–water partition coefficient (Wildman–Crippen LogP) is 4.44. The van der Waals surface area contributed by atoms with Crippen molar-refractivity contribution < 1.29 is 4.18 Å². The molecular formula is C12H12Cl2N2OS. The van der Waals surface area contributed by atoms with E-state index in [-0.39, 0.29) is 0 Å². The lowest BCUT2D eigenvalue weighted by atomic mass is 10.2. The first-order valence-electron chi connectivity index (χ1n) is 5.48. The van der Waals surface area contributed by atoms with Crippen LogP contribution in [0.25, 0.3) is 11.4 Å². The second-order valence-electron chi connectivity index (χ2n) is 3.55. The van der Waals surface area contributed by atoms with Gasteiger partial charge in [0.2, 0.25) is 0 Å². The maximum Gasteiger partial charge on any atom is 0.166 e. The molecule has 96 valence electrons. The van der Waals surface area contributed by atoms with E-state index in [0.717, 1.165) is 12.2 Å². The van der Waals surface area contributed by atoms with Gasteiger partial charge < -0.3 is 9.17 Å². The predicted molar refractivity (Wildman–Crippen MR) is 77.1 cm³/mol. The maximum absolute atomic E-state index is 5.73. The Morgan fingerprint density at radius 3 is 2.44 bits per heavy atom. The van der Waals surface area contributed by atoms with Crippen molar-refractivity contribution in [3.05, 3.63) is 40.6 Å². The maximum atomic E-state index is 5.73. The Labute approximate surface area is 120 Å². The smallest absolute Gasteiger partial charge is 0.166 e. The summed E-state index contributed by atoms with van der Waals surface area (Å²) in [4.78, 5) is 6.94. The van der Waals surface area contributed by atoms with Gasteiger partial charge in [-0.05, 0) is 18.5 Å². The summed E-state index contributed by atoms with van der Waals surface area (Å²) in [5.41, 5.74) is 0.969. The summed E-state index contributed by atoms with van der Waals surface area (Å²) in [5.74, 6) is 1.88. The van der Waals surface area contributed by atoms with Crippen molar-refractivity contribution in [1.29, 1.82) is 0 Å². The van der Waals surface area contributed by atoms with Crippen molar-refractivity contribution in [3.8, 4) is 11.4 Å². The molecule has 0 bridgehead atoms.